The molecular formula is C11H16N2O2S. The molecule has 5 heteroatoms. The molecule has 0 saturated carbocycles. The van der Waals surface area contributed by atoms with E-state index in [1.54, 1.807) is 11.3 Å². The highest BCUT2D eigenvalue weighted by Gasteiger charge is 2.22. The standard InChI is InChI=1S/C11H16N2O2S/c1-13-4-3-12-6-9(13)10-5-8(7-16-10)11(14)15-2/h5,7,9,12H,3-4,6H2,1-2H3. The second kappa shape index (κ2) is 4.95. The maximum atomic E-state index is 11.3. The lowest BCUT2D eigenvalue weighted by atomic mass is 10.1. The van der Waals surface area contributed by atoms with Crippen LogP contribution in [0.5, 0.6) is 0 Å². The van der Waals surface area contributed by atoms with Crippen LogP contribution in [0.2, 0.25) is 0 Å². The lowest BCUT2D eigenvalue weighted by molar-refractivity contribution is 0.0601. The Hall–Kier alpha value is -0.910. The Balaban J connectivity index is 2.14. The molecule has 1 aliphatic rings. The number of carbonyl (C=O) groups excluding carboxylic acids is 1. The van der Waals surface area contributed by atoms with Crippen LogP contribution < -0.4 is 5.32 Å². The molecule has 0 aromatic carbocycles. The molecule has 2 heterocycles. The summed E-state index contributed by atoms with van der Waals surface area (Å²) < 4.78 is 4.70. The number of esters is 1. The van der Waals surface area contributed by atoms with Crippen molar-refractivity contribution in [2.24, 2.45) is 0 Å². The first-order valence-corrected chi connectivity index (χ1v) is 6.18. The van der Waals surface area contributed by atoms with Gasteiger partial charge in [0.1, 0.15) is 0 Å². The van der Waals surface area contributed by atoms with Crippen LogP contribution in [0.4, 0.5) is 0 Å². The highest BCUT2D eigenvalue weighted by Crippen LogP contribution is 2.27. The monoisotopic (exact) mass is 240 g/mol. The Morgan fingerprint density at radius 1 is 1.69 bits per heavy atom. The topological polar surface area (TPSA) is 41.6 Å². The lowest BCUT2D eigenvalue weighted by Crippen LogP contribution is -2.43. The van der Waals surface area contributed by atoms with E-state index in [0.717, 1.165) is 19.6 Å². The maximum Gasteiger partial charge on any atom is 0.338 e. The van der Waals surface area contributed by atoms with Gasteiger partial charge in [0.2, 0.25) is 0 Å². The van der Waals surface area contributed by atoms with Crippen LogP contribution in [0.25, 0.3) is 0 Å². The van der Waals surface area contributed by atoms with Crippen molar-refractivity contribution in [3.8, 4) is 0 Å². The van der Waals surface area contributed by atoms with Crippen molar-refractivity contribution >= 4 is 17.3 Å². The van der Waals surface area contributed by atoms with Crippen molar-refractivity contribution in [2.75, 3.05) is 33.8 Å². The molecule has 1 aliphatic heterocycles. The van der Waals surface area contributed by atoms with Crippen molar-refractivity contribution in [3.63, 3.8) is 0 Å². The van der Waals surface area contributed by atoms with Crippen LogP contribution in [0.1, 0.15) is 21.3 Å². The van der Waals surface area contributed by atoms with E-state index in [0.29, 0.717) is 11.6 Å². The van der Waals surface area contributed by atoms with E-state index < -0.39 is 0 Å². The van der Waals surface area contributed by atoms with Gasteiger partial charge in [-0.05, 0) is 13.1 Å². The van der Waals surface area contributed by atoms with E-state index in [1.165, 1.54) is 12.0 Å². The van der Waals surface area contributed by atoms with Crippen molar-refractivity contribution in [2.45, 2.75) is 6.04 Å². The molecule has 1 N–H and O–H groups in total. The summed E-state index contributed by atoms with van der Waals surface area (Å²) >= 11 is 1.62. The van der Waals surface area contributed by atoms with Gasteiger partial charge in [-0.2, -0.15) is 0 Å². The summed E-state index contributed by atoms with van der Waals surface area (Å²) in [7, 11) is 3.52. The van der Waals surface area contributed by atoms with Gasteiger partial charge in [-0.15, -0.1) is 11.3 Å². The molecular weight excluding hydrogens is 224 g/mol. The van der Waals surface area contributed by atoms with E-state index in [-0.39, 0.29) is 5.97 Å². The van der Waals surface area contributed by atoms with Crippen LogP contribution in [0.15, 0.2) is 11.4 Å². The Bertz CT molecular complexity index is 378. The number of methoxy groups -OCH3 is 1. The van der Waals surface area contributed by atoms with Gasteiger partial charge < -0.3 is 10.1 Å². The third kappa shape index (κ3) is 2.26. The molecule has 1 atom stereocenters. The zero-order chi connectivity index (χ0) is 11.5. The first-order chi connectivity index (χ1) is 7.72. The molecule has 88 valence electrons. The van der Waals surface area contributed by atoms with E-state index in [9.17, 15) is 4.79 Å². The Morgan fingerprint density at radius 2 is 2.50 bits per heavy atom. The Labute approximate surface area is 99.2 Å². The number of likely N-dealkylation sites (N-methyl/N-ethyl adjacent to an activating group) is 1. The van der Waals surface area contributed by atoms with Crippen molar-refractivity contribution < 1.29 is 9.53 Å². The summed E-state index contributed by atoms with van der Waals surface area (Å²) in [4.78, 5) is 14.9. The number of hydrogen-bond donors (Lipinski definition) is 1. The zero-order valence-electron chi connectivity index (χ0n) is 9.53. The van der Waals surface area contributed by atoms with Crippen molar-refractivity contribution in [3.05, 3.63) is 21.9 Å². The summed E-state index contributed by atoms with van der Waals surface area (Å²) in [6.45, 7) is 3.01. The largest absolute Gasteiger partial charge is 0.465 e. The molecule has 1 fully saturated rings. The second-order valence-electron chi connectivity index (χ2n) is 3.93. The van der Waals surface area contributed by atoms with Crippen LogP contribution >= 0.6 is 11.3 Å². The Kier molecular flexibility index (Phi) is 3.58. The molecule has 2 rings (SSSR count). The number of carbonyl (C=O) groups is 1. The van der Waals surface area contributed by atoms with Crippen molar-refractivity contribution in [1.82, 2.24) is 10.2 Å². The SMILES string of the molecule is COC(=O)c1csc(C2CNCCN2C)c1. The summed E-state index contributed by atoms with van der Waals surface area (Å²) in [5.41, 5.74) is 0.654. The van der Waals surface area contributed by atoms with Gasteiger partial charge in [-0.3, -0.25) is 4.90 Å². The smallest absolute Gasteiger partial charge is 0.338 e. The average molecular weight is 240 g/mol. The van der Waals surface area contributed by atoms with E-state index in [2.05, 4.69) is 17.3 Å². The highest BCUT2D eigenvalue weighted by atomic mass is 32.1. The molecule has 0 aliphatic carbocycles. The number of rotatable bonds is 2. The fourth-order valence-electron chi connectivity index (χ4n) is 1.88. The molecule has 4 nitrogen and oxygen atoms in total. The minimum absolute atomic E-state index is 0.256. The minimum atomic E-state index is -0.256. The fourth-order valence-corrected chi connectivity index (χ4v) is 2.92. The first kappa shape index (κ1) is 11.6. The van der Waals surface area contributed by atoms with Gasteiger partial charge >= 0.3 is 5.97 Å². The maximum absolute atomic E-state index is 11.3. The van der Waals surface area contributed by atoms with Crippen LogP contribution in [-0.4, -0.2) is 44.7 Å². The Morgan fingerprint density at radius 3 is 3.19 bits per heavy atom. The van der Waals surface area contributed by atoms with Gasteiger partial charge in [-0.1, -0.05) is 0 Å². The summed E-state index contributed by atoms with van der Waals surface area (Å²) in [6.07, 6.45) is 0. The summed E-state index contributed by atoms with van der Waals surface area (Å²) in [6, 6.07) is 2.31. The number of nitrogens with zero attached hydrogens (tertiary/aromatic N) is 1. The summed E-state index contributed by atoms with van der Waals surface area (Å²) in [5.74, 6) is -0.256. The van der Waals surface area contributed by atoms with Crippen LogP contribution in [0.3, 0.4) is 0 Å². The van der Waals surface area contributed by atoms with Crippen LogP contribution in [0, 0.1) is 0 Å². The number of nitrogens with one attached hydrogen (secondary N) is 1. The van der Waals surface area contributed by atoms with Gasteiger partial charge in [-0.25, -0.2) is 4.79 Å². The van der Waals surface area contributed by atoms with Gasteiger partial charge in [0.05, 0.1) is 18.7 Å². The number of piperazine rings is 1. The lowest BCUT2D eigenvalue weighted by Gasteiger charge is -2.32. The van der Waals surface area contributed by atoms with E-state index in [1.807, 2.05) is 11.4 Å². The fraction of sp³-hybridized carbons (Fsp3) is 0.545. The number of ether oxygens (including phenoxy) is 1. The van der Waals surface area contributed by atoms with E-state index >= 15 is 0 Å². The molecule has 16 heavy (non-hydrogen) atoms. The van der Waals surface area contributed by atoms with Crippen LogP contribution in [-0.2, 0) is 4.74 Å². The second-order valence-corrected chi connectivity index (χ2v) is 4.87. The number of hydrogen-bond acceptors (Lipinski definition) is 5. The third-order valence-electron chi connectivity index (χ3n) is 2.88. The molecule has 0 radical (unpaired) electrons. The average Bonchev–Trinajstić information content (AvgIpc) is 2.78. The molecule has 1 aromatic rings. The quantitative estimate of drug-likeness (QED) is 0.786. The van der Waals surface area contributed by atoms with E-state index in [4.69, 9.17) is 4.74 Å². The minimum Gasteiger partial charge on any atom is -0.465 e. The number of thiophene rings is 1. The molecule has 0 spiro atoms. The third-order valence-corrected chi connectivity index (χ3v) is 3.91. The normalized spacial score (nSPS) is 22.0. The van der Waals surface area contributed by atoms with Gasteiger partial charge in [0.15, 0.2) is 0 Å². The predicted molar refractivity (Wildman–Crippen MR) is 63.9 cm³/mol. The molecule has 1 unspecified atom stereocenters. The first-order valence-electron chi connectivity index (χ1n) is 5.30. The highest BCUT2D eigenvalue weighted by molar-refractivity contribution is 7.10. The predicted octanol–water partition coefficient (Wildman–Crippen LogP) is 1.11. The molecule has 0 bridgehead atoms. The van der Waals surface area contributed by atoms with Gasteiger partial charge in [0, 0.05) is 29.9 Å². The van der Waals surface area contributed by atoms with Crippen molar-refractivity contribution in [1.29, 1.82) is 0 Å². The molecule has 0 amide bonds. The zero-order valence-corrected chi connectivity index (χ0v) is 10.3. The molecule has 1 saturated heterocycles. The summed E-state index contributed by atoms with van der Waals surface area (Å²) in [5, 5.41) is 5.23. The van der Waals surface area contributed by atoms with Gasteiger partial charge in [0.25, 0.3) is 0 Å². The molecule has 1 aromatic heterocycles.